The second-order valence-corrected chi connectivity index (χ2v) is 7.78. The molecule has 0 spiro atoms. The molecule has 5 rings (SSSR count). The number of hydrogen-bond donors (Lipinski definition) is 1. The molecule has 5 nitrogen and oxygen atoms in total. The van der Waals surface area contributed by atoms with Crippen LogP contribution in [0.5, 0.6) is 0 Å². The molecule has 2 heterocycles. The molecule has 0 unspecified atom stereocenters. The van der Waals surface area contributed by atoms with E-state index >= 15 is 0 Å². The van der Waals surface area contributed by atoms with Gasteiger partial charge in [0.15, 0.2) is 0 Å². The van der Waals surface area contributed by atoms with Gasteiger partial charge in [0, 0.05) is 35.9 Å². The van der Waals surface area contributed by atoms with Gasteiger partial charge in [-0.2, -0.15) is 5.26 Å². The molecule has 0 radical (unpaired) electrons. The van der Waals surface area contributed by atoms with Gasteiger partial charge in [0.1, 0.15) is 5.82 Å². The first-order valence-electron chi connectivity index (χ1n) is 10.2. The molecule has 1 saturated heterocycles. The highest BCUT2D eigenvalue weighted by molar-refractivity contribution is 5.88. The van der Waals surface area contributed by atoms with Crippen LogP contribution in [0.15, 0.2) is 66.7 Å². The summed E-state index contributed by atoms with van der Waals surface area (Å²) in [5.41, 5.74) is 12.3. The highest BCUT2D eigenvalue weighted by atomic mass is 19.1. The molecule has 1 aliphatic rings. The van der Waals surface area contributed by atoms with Crippen LogP contribution in [0.4, 0.5) is 10.1 Å². The second kappa shape index (κ2) is 7.78. The van der Waals surface area contributed by atoms with Gasteiger partial charge in [-0.15, -0.1) is 0 Å². The average Bonchev–Trinajstić information content (AvgIpc) is 3.25. The van der Waals surface area contributed by atoms with E-state index in [-0.39, 0.29) is 11.9 Å². The minimum absolute atomic E-state index is 0.192. The Kier molecular flexibility index (Phi) is 4.81. The molecule has 0 bridgehead atoms. The molecule has 3 aromatic carbocycles. The Labute approximate surface area is 179 Å². The van der Waals surface area contributed by atoms with E-state index < -0.39 is 0 Å². The molecule has 4 aromatic rings. The van der Waals surface area contributed by atoms with E-state index in [1.165, 1.54) is 12.1 Å². The molecule has 0 saturated carbocycles. The van der Waals surface area contributed by atoms with Crippen molar-refractivity contribution in [2.45, 2.75) is 12.5 Å². The number of benzene rings is 3. The summed E-state index contributed by atoms with van der Waals surface area (Å²) in [6.45, 7) is 1.76. The summed E-state index contributed by atoms with van der Waals surface area (Å²) in [6, 6.07) is 21.9. The van der Waals surface area contributed by atoms with Crippen LogP contribution >= 0.6 is 0 Å². The van der Waals surface area contributed by atoms with Crippen LogP contribution in [0.1, 0.15) is 12.0 Å². The zero-order valence-corrected chi connectivity index (χ0v) is 16.8. The van der Waals surface area contributed by atoms with Gasteiger partial charge < -0.3 is 10.6 Å². The molecule has 6 heteroatoms. The summed E-state index contributed by atoms with van der Waals surface area (Å²) in [7, 11) is 0. The summed E-state index contributed by atoms with van der Waals surface area (Å²) in [6.07, 6.45) is 0.976. The first-order valence-corrected chi connectivity index (χ1v) is 10.2. The number of nitrogens with two attached hydrogens (primary N) is 1. The van der Waals surface area contributed by atoms with Crippen molar-refractivity contribution in [1.29, 1.82) is 5.26 Å². The molecule has 1 atom stereocenters. The number of aromatic nitrogens is 2. The number of rotatable bonds is 3. The lowest BCUT2D eigenvalue weighted by Crippen LogP contribution is -2.26. The zero-order valence-electron chi connectivity index (χ0n) is 16.8. The van der Waals surface area contributed by atoms with Crippen LogP contribution in [-0.2, 0) is 0 Å². The fourth-order valence-corrected chi connectivity index (χ4v) is 3.97. The molecule has 1 fully saturated rings. The monoisotopic (exact) mass is 409 g/mol. The predicted molar refractivity (Wildman–Crippen MR) is 120 cm³/mol. The lowest BCUT2D eigenvalue weighted by molar-refractivity contribution is 0.628. The predicted octanol–water partition coefficient (Wildman–Crippen LogP) is 4.51. The fourth-order valence-electron chi connectivity index (χ4n) is 3.97. The highest BCUT2D eigenvalue weighted by Crippen LogP contribution is 2.33. The Hall–Kier alpha value is -3.82. The van der Waals surface area contributed by atoms with Gasteiger partial charge in [0.2, 0.25) is 0 Å². The van der Waals surface area contributed by atoms with E-state index in [1.807, 2.05) is 30.3 Å². The SMILES string of the molecule is N#Cc1ccc(-c2nc3cc(N4CC[C@H](N)C4)ccc3nc2-c2ccc(F)cc2)cc1. The number of hydrogen-bond acceptors (Lipinski definition) is 5. The quantitative estimate of drug-likeness (QED) is 0.539. The normalized spacial score (nSPS) is 15.9. The van der Waals surface area contributed by atoms with Crippen molar-refractivity contribution in [2.24, 2.45) is 5.73 Å². The number of anilines is 1. The average molecular weight is 409 g/mol. The summed E-state index contributed by atoms with van der Waals surface area (Å²) in [4.78, 5) is 12.1. The van der Waals surface area contributed by atoms with E-state index in [1.54, 1.807) is 24.3 Å². The lowest BCUT2D eigenvalue weighted by atomic mass is 10.0. The van der Waals surface area contributed by atoms with Crippen molar-refractivity contribution in [3.63, 3.8) is 0 Å². The standard InChI is InChI=1S/C25H20FN5/c26-19-7-5-18(6-8-19)24-25(17-3-1-16(14-27)2-4-17)30-23-13-21(9-10-22(23)29-24)31-12-11-20(28)15-31/h1-10,13,20H,11-12,15,28H2/t20-/m0/s1. The summed E-state index contributed by atoms with van der Waals surface area (Å²) < 4.78 is 13.5. The van der Waals surface area contributed by atoms with Crippen molar-refractivity contribution in [3.8, 4) is 28.6 Å². The third kappa shape index (κ3) is 3.72. The maximum Gasteiger partial charge on any atom is 0.123 e. The molecular weight excluding hydrogens is 389 g/mol. The van der Waals surface area contributed by atoms with E-state index in [0.29, 0.717) is 17.0 Å². The summed E-state index contributed by atoms with van der Waals surface area (Å²) in [5.74, 6) is -0.300. The van der Waals surface area contributed by atoms with Gasteiger partial charge in [-0.25, -0.2) is 14.4 Å². The van der Waals surface area contributed by atoms with Crippen molar-refractivity contribution < 1.29 is 4.39 Å². The Morgan fingerprint density at radius 1 is 0.903 bits per heavy atom. The third-order valence-corrected chi connectivity index (χ3v) is 5.64. The van der Waals surface area contributed by atoms with E-state index in [4.69, 9.17) is 21.0 Å². The van der Waals surface area contributed by atoms with E-state index in [9.17, 15) is 4.39 Å². The molecule has 2 N–H and O–H groups in total. The fraction of sp³-hybridized carbons (Fsp3) is 0.160. The highest BCUT2D eigenvalue weighted by Gasteiger charge is 2.20. The van der Waals surface area contributed by atoms with Gasteiger partial charge >= 0.3 is 0 Å². The Bertz CT molecular complexity index is 1290. The molecule has 1 aromatic heterocycles. The molecule has 152 valence electrons. The van der Waals surface area contributed by atoms with Crippen molar-refractivity contribution >= 4 is 16.7 Å². The molecule has 0 aliphatic carbocycles. The molecule has 1 aliphatic heterocycles. The first kappa shape index (κ1) is 19.2. The minimum atomic E-state index is -0.300. The number of nitrogens with zero attached hydrogens (tertiary/aromatic N) is 4. The van der Waals surface area contributed by atoms with Crippen LogP contribution in [-0.4, -0.2) is 29.1 Å². The third-order valence-electron chi connectivity index (χ3n) is 5.64. The van der Waals surface area contributed by atoms with E-state index in [0.717, 1.165) is 47.4 Å². The largest absolute Gasteiger partial charge is 0.370 e. The maximum atomic E-state index is 13.5. The van der Waals surface area contributed by atoms with Gasteiger partial charge in [0.25, 0.3) is 0 Å². The Morgan fingerprint density at radius 3 is 2.16 bits per heavy atom. The topological polar surface area (TPSA) is 78.8 Å². The van der Waals surface area contributed by atoms with Crippen molar-refractivity contribution in [3.05, 3.63) is 78.1 Å². The summed E-state index contributed by atoms with van der Waals surface area (Å²) >= 11 is 0. The lowest BCUT2D eigenvalue weighted by Gasteiger charge is -2.19. The molecule has 0 amide bonds. The van der Waals surface area contributed by atoms with Crippen molar-refractivity contribution in [1.82, 2.24) is 9.97 Å². The number of fused-ring (bicyclic) bond motifs is 1. The summed E-state index contributed by atoms with van der Waals surface area (Å²) in [5, 5.41) is 9.12. The van der Waals surface area contributed by atoms with Crippen LogP contribution in [0.3, 0.4) is 0 Å². The zero-order chi connectivity index (χ0) is 21.4. The smallest absolute Gasteiger partial charge is 0.123 e. The second-order valence-electron chi connectivity index (χ2n) is 7.78. The van der Waals surface area contributed by atoms with Crippen LogP contribution < -0.4 is 10.6 Å². The number of nitriles is 1. The molecule has 31 heavy (non-hydrogen) atoms. The first-order chi connectivity index (χ1) is 15.1. The molecular formula is C25H20FN5. The van der Waals surface area contributed by atoms with Gasteiger partial charge in [-0.05, 0) is 61.0 Å². The number of halogens is 1. The van der Waals surface area contributed by atoms with Gasteiger partial charge in [-0.3, -0.25) is 0 Å². The van der Waals surface area contributed by atoms with Gasteiger partial charge in [-0.1, -0.05) is 12.1 Å². The van der Waals surface area contributed by atoms with E-state index in [2.05, 4.69) is 11.0 Å². The van der Waals surface area contributed by atoms with Crippen LogP contribution in [0, 0.1) is 17.1 Å². The van der Waals surface area contributed by atoms with Crippen LogP contribution in [0.2, 0.25) is 0 Å². The van der Waals surface area contributed by atoms with Crippen molar-refractivity contribution in [2.75, 3.05) is 18.0 Å². The maximum absolute atomic E-state index is 13.5. The minimum Gasteiger partial charge on any atom is -0.370 e. The van der Waals surface area contributed by atoms with Crippen LogP contribution in [0.25, 0.3) is 33.5 Å². The van der Waals surface area contributed by atoms with Gasteiger partial charge in [0.05, 0.1) is 34.1 Å². The Balaban J connectivity index is 1.67. The Morgan fingerprint density at radius 2 is 1.55 bits per heavy atom.